The van der Waals surface area contributed by atoms with Gasteiger partial charge in [-0.2, -0.15) is 5.26 Å². The average molecular weight is 456 g/mol. The van der Waals surface area contributed by atoms with Crippen LogP contribution in [-0.2, 0) is 4.79 Å². The van der Waals surface area contributed by atoms with E-state index < -0.39 is 29.7 Å². The van der Waals surface area contributed by atoms with Gasteiger partial charge in [-0.15, -0.1) is 0 Å². The van der Waals surface area contributed by atoms with Crippen molar-refractivity contribution in [2.45, 2.75) is 31.3 Å². The highest BCUT2D eigenvalue weighted by Crippen LogP contribution is 2.34. The zero-order valence-electron chi connectivity index (χ0n) is 18.1. The standard InChI is InChI=1S/C25H21FN6O2/c26-19-3-1-2-15-9-21(30-23(15)19)25(34)31-20(8-14-4-5-14)24(33)32-22(10-27)18-13-29-11-16-6-7-28-12-17(16)18/h1-3,6-7,9,11-14,20,22,30H,4-5,8H2,(H,31,34)(H,32,33)/t20-,22+/m0/s1. The number of halogens is 1. The summed E-state index contributed by atoms with van der Waals surface area (Å²) in [6.07, 6.45) is 8.88. The maximum Gasteiger partial charge on any atom is 0.268 e. The van der Waals surface area contributed by atoms with Gasteiger partial charge in [-0.25, -0.2) is 4.39 Å². The Bertz CT molecular complexity index is 1430. The van der Waals surface area contributed by atoms with E-state index in [-0.39, 0.29) is 11.2 Å². The molecule has 0 radical (unpaired) electrons. The number of nitrogens with zero attached hydrogens (tertiary/aromatic N) is 3. The van der Waals surface area contributed by atoms with Gasteiger partial charge in [-0.1, -0.05) is 25.0 Å². The van der Waals surface area contributed by atoms with Crippen molar-refractivity contribution in [1.29, 1.82) is 5.26 Å². The minimum Gasteiger partial charge on any atom is -0.348 e. The predicted molar refractivity (Wildman–Crippen MR) is 123 cm³/mol. The molecule has 34 heavy (non-hydrogen) atoms. The fourth-order valence-electron chi connectivity index (χ4n) is 4.07. The van der Waals surface area contributed by atoms with Crippen molar-refractivity contribution in [3.8, 4) is 6.07 Å². The normalized spacial score (nSPS) is 14.9. The van der Waals surface area contributed by atoms with Crippen molar-refractivity contribution in [1.82, 2.24) is 25.6 Å². The summed E-state index contributed by atoms with van der Waals surface area (Å²) in [7, 11) is 0. The van der Waals surface area contributed by atoms with E-state index in [2.05, 4.69) is 31.7 Å². The zero-order valence-corrected chi connectivity index (χ0v) is 18.1. The number of amides is 2. The van der Waals surface area contributed by atoms with Gasteiger partial charge in [0.2, 0.25) is 5.91 Å². The van der Waals surface area contributed by atoms with Crippen molar-refractivity contribution in [3.63, 3.8) is 0 Å². The summed E-state index contributed by atoms with van der Waals surface area (Å²) in [6.45, 7) is 0. The largest absolute Gasteiger partial charge is 0.348 e. The van der Waals surface area contributed by atoms with Crippen molar-refractivity contribution >= 4 is 33.5 Å². The lowest BCUT2D eigenvalue weighted by Crippen LogP contribution is -2.48. The van der Waals surface area contributed by atoms with Gasteiger partial charge in [0.05, 0.1) is 11.6 Å². The van der Waals surface area contributed by atoms with E-state index in [0.717, 1.165) is 18.2 Å². The van der Waals surface area contributed by atoms with E-state index >= 15 is 0 Å². The molecule has 8 nitrogen and oxygen atoms in total. The maximum absolute atomic E-state index is 14.0. The fourth-order valence-corrected chi connectivity index (χ4v) is 4.07. The van der Waals surface area contributed by atoms with E-state index in [9.17, 15) is 19.2 Å². The number of hydrogen-bond donors (Lipinski definition) is 3. The molecule has 0 spiro atoms. The molecule has 1 aromatic carbocycles. The molecule has 0 saturated heterocycles. The Hall–Kier alpha value is -4.32. The van der Waals surface area contributed by atoms with Gasteiger partial charge in [-0.05, 0) is 30.5 Å². The zero-order chi connectivity index (χ0) is 23.7. The van der Waals surface area contributed by atoms with Crippen LogP contribution in [0.4, 0.5) is 4.39 Å². The van der Waals surface area contributed by atoms with E-state index in [4.69, 9.17) is 0 Å². The Kier molecular flexibility index (Phi) is 5.64. The van der Waals surface area contributed by atoms with Crippen molar-refractivity contribution in [3.05, 3.63) is 72.2 Å². The molecule has 0 bridgehead atoms. The highest BCUT2D eigenvalue weighted by molar-refractivity contribution is 6.00. The Morgan fingerprint density at radius 2 is 2.00 bits per heavy atom. The number of carbonyl (C=O) groups excluding carboxylic acids is 2. The quantitative estimate of drug-likeness (QED) is 0.393. The summed E-state index contributed by atoms with van der Waals surface area (Å²) in [5, 5.41) is 17.4. The minimum absolute atomic E-state index is 0.162. The summed E-state index contributed by atoms with van der Waals surface area (Å²) in [4.78, 5) is 37.2. The SMILES string of the molecule is N#C[C@@H](NC(=O)[C@H](CC1CC1)NC(=O)c1cc2cccc(F)c2[nH]1)c1cncc2ccncc12. The Morgan fingerprint density at radius 1 is 1.15 bits per heavy atom. The summed E-state index contributed by atoms with van der Waals surface area (Å²) in [5.74, 6) is -1.10. The number of aromatic nitrogens is 3. The van der Waals surface area contributed by atoms with E-state index in [1.807, 2.05) is 0 Å². The molecule has 1 fully saturated rings. The smallest absolute Gasteiger partial charge is 0.268 e. The molecule has 170 valence electrons. The molecular weight excluding hydrogens is 435 g/mol. The molecule has 9 heteroatoms. The summed E-state index contributed by atoms with van der Waals surface area (Å²) < 4.78 is 14.0. The number of hydrogen-bond acceptors (Lipinski definition) is 5. The number of para-hydroxylation sites is 1. The molecule has 3 aromatic heterocycles. The van der Waals surface area contributed by atoms with Gasteiger partial charge in [-0.3, -0.25) is 19.6 Å². The molecule has 4 aromatic rings. The third-order valence-corrected chi connectivity index (χ3v) is 6.06. The van der Waals surface area contributed by atoms with Crippen molar-refractivity contribution in [2.75, 3.05) is 0 Å². The maximum atomic E-state index is 14.0. The third-order valence-electron chi connectivity index (χ3n) is 6.06. The third kappa shape index (κ3) is 4.30. The van der Waals surface area contributed by atoms with E-state index in [1.165, 1.54) is 12.3 Å². The van der Waals surface area contributed by atoms with Crippen LogP contribution in [0.25, 0.3) is 21.7 Å². The van der Waals surface area contributed by atoms with Crippen LogP contribution in [0.1, 0.15) is 41.4 Å². The molecule has 2 amide bonds. The second-order valence-corrected chi connectivity index (χ2v) is 8.49. The lowest BCUT2D eigenvalue weighted by molar-refractivity contribution is -0.123. The first-order valence-corrected chi connectivity index (χ1v) is 11.0. The second kappa shape index (κ2) is 8.90. The van der Waals surface area contributed by atoms with Crippen LogP contribution in [0.3, 0.4) is 0 Å². The van der Waals surface area contributed by atoms with E-state index in [1.54, 1.807) is 42.9 Å². The number of rotatable bonds is 7. The number of pyridine rings is 2. The monoisotopic (exact) mass is 456 g/mol. The number of carbonyl (C=O) groups is 2. The highest BCUT2D eigenvalue weighted by atomic mass is 19.1. The second-order valence-electron chi connectivity index (χ2n) is 8.49. The molecule has 1 saturated carbocycles. The number of benzene rings is 1. The van der Waals surface area contributed by atoms with Crippen molar-refractivity contribution in [2.24, 2.45) is 5.92 Å². The van der Waals surface area contributed by atoms with Crippen LogP contribution in [0.2, 0.25) is 0 Å². The fraction of sp³-hybridized carbons (Fsp3) is 0.240. The summed E-state index contributed by atoms with van der Waals surface area (Å²) in [6, 6.07) is 8.21. The first kappa shape index (κ1) is 21.5. The summed E-state index contributed by atoms with van der Waals surface area (Å²) >= 11 is 0. The lowest BCUT2D eigenvalue weighted by Gasteiger charge is -2.21. The lowest BCUT2D eigenvalue weighted by atomic mass is 10.0. The molecule has 5 rings (SSSR count). The van der Waals surface area contributed by atoms with Crippen LogP contribution in [0.5, 0.6) is 0 Å². The van der Waals surface area contributed by atoms with Crippen molar-refractivity contribution < 1.29 is 14.0 Å². The van der Waals surface area contributed by atoms with Gasteiger partial charge in [0.15, 0.2) is 0 Å². The van der Waals surface area contributed by atoms with Crippen LogP contribution < -0.4 is 10.6 Å². The molecule has 0 aliphatic heterocycles. The Balaban J connectivity index is 1.37. The predicted octanol–water partition coefficient (Wildman–Crippen LogP) is 3.53. The summed E-state index contributed by atoms with van der Waals surface area (Å²) in [5.41, 5.74) is 0.927. The molecule has 3 heterocycles. The van der Waals surface area contributed by atoms with Gasteiger partial charge in [0.25, 0.3) is 5.91 Å². The van der Waals surface area contributed by atoms with Gasteiger partial charge < -0.3 is 15.6 Å². The highest BCUT2D eigenvalue weighted by Gasteiger charge is 2.32. The Morgan fingerprint density at radius 3 is 2.76 bits per heavy atom. The van der Waals surface area contributed by atoms with Crippen LogP contribution in [0.15, 0.2) is 55.1 Å². The Labute approximate surface area is 194 Å². The molecule has 2 atom stereocenters. The molecule has 1 aliphatic carbocycles. The number of nitriles is 1. The molecule has 0 unspecified atom stereocenters. The molecular formula is C25H21FN6O2. The average Bonchev–Trinajstić information content (AvgIpc) is 3.56. The first-order chi connectivity index (χ1) is 16.5. The van der Waals surface area contributed by atoms with Crippen LogP contribution >= 0.6 is 0 Å². The van der Waals surface area contributed by atoms with Gasteiger partial charge in [0, 0.05) is 46.5 Å². The van der Waals surface area contributed by atoms with E-state index in [0.29, 0.717) is 28.7 Å². The van der Waals surface area contributed by atoms with Gasteiger partial charge in [0.1, 0.15) is 23.6 Å². The van der Waals surface area contributed by atoms with Gasteiger partial charge >= 0.3 is 0 Å². The number of nitrogens with one attached hydrogen (secondary N) is 3. The van der Waals surface area contributed by atoms with Crippen LogP contribution in [0, 0.1) is 23.1 Å². The van der Waals surface area contributed by atoms with Crippen LogP contribution in [-0.4, -0.2) is 32.8 Å². The topological polar surface area (TPSA) is 124 Å². The molecule has 1 aliphatic rings. The minimum atomic E-state index is -0.964. The first-order valence-electron chi connectivity index (χ1n) is 11.0. The molecule has 3 N–H and O–H groups in total. The number of fused-ring (bicyclic) bond motifs is 2. The number of aromatic amines is 1. The number of H-pyrrole nitrogens is 1.